The number of carbonyl (C=O) groups excluding carboxylic acids is 1. The molecule has 0 spiro atoms. The summed E-state index contributed by atoms with van der Waals surface area (Å²) in [5.74, 6) is -0.320. The normalized spacial score (nSPS) is 16.8. The Labute approximate surface area is 117 Å². The molecule has 0 saturated heterocycles. The van der Waals surface area contributed by atoms with E-state index < -0.39 is 0 Å². The van der Waals surface area contributed by atoms with Gasteiger partial charge in [-0.05, 0) is 13.8 Å². The minimum Gasteiger partial charge on any atom is -0.462 e. The summed E-state index contributed by atoms with van der Waals surface area (Å²) in [6, 6.07) is 9.91. The second-order valence-electron chi connectivity index (χ2n) is 3.82. The van der Waals surface area contributed by atoms with Gasteiger partial charge in [0.1, 0.15) is 5.04 Å². The molecule has 1 aliphatic rings. The molecule has 19 heavy (non-hydrogen) atoms. The van der Waals surface area contributed by atoms with Crippen LogP contribution in [0, 0.1) is 0 Å². The summed E-state index contributed by atoms with van der Waals surface area (Å²) in [5.41, 5.74) is 1.57. The van der Waals surface area contributed by atoms with Crippen molar-refractivity contribution in [1.29, 1.82) is 0 Å². The third-order valence-electron chi connectivity index (χ3n) is 2.56. The van der Waals surface area contributed by atoms with Crippen molar-refractivity contribution in [2.75, 3.05) is 6.61 Å². The Morgan fingerprint density at radius 3 is 2.74 bits per heavy atom. The van der Waals surface area contributed by atoms with Crippen molar-refractivity contribution >= 4 is 22.8 Å². The van der Waals surface area contributed by atoms with Gasteiger partial charge < -0.3 is 4.74 Å². The highest BCUT2D eigenvalue weighted by Crippen LogP contribution is 2.32. The number of carbonyl (C=O) groups is 1. The topological polar surface area (TPSA) is 38.7 Å². The van der Waals surface area contributed by atoms with Crippen molar-refractivity contribution in [3.05, 3.63) is 58.6 Å². The quantitative estimate of drug-likeness (QED) is 0.791. The smallest absolute Gasteiger partial charge is 0.340 e. The maximum absolute atomic E-state index is 11.8. The van der Waals surface area contributed by atoms with Crippen LogP contribution in [-0.4, -0.2) is 17.6 Å². The molecule has 0 amide bonds. The van der Waals surface area contributed by atoms with E-state index in [4.69, 9.17) is 4.74 Å². The molecular formula is C15H15NO2S. The van der Waals surface area contributed by atoms with Gasteiger partial charge in [0.05, 0.1) is 12.2 Å². The predicted molar refractivity (Wildman–Crippen MR) is 79.0 cm³/mol. The van der Waals surface area contributed by atoms with Gasteiger partial charge in [0.15, 0.2) is 0 Å². The third kappa shape index (κ3) is 3.15. The fourth-order valence-electron chi connectivity index (χ4n) is 1.66. The van der Waals surface area contributed by atoms with Crippen LogP contribution < -0.4 is 0 Å². The van der Waals surface area contributed by atoms with Crippen LogP contribution in [0.25, 0.3) is 0 Å². The van der Waals surface area contributed by atoms with E-state index in [2.05, 4.69) is 4.99 Å². The lowest BCUT2D eigenvalue weighted by atomic mass is 10.2. The number of aliphatic imine (C=N–C) groups is 1. The minimum atomic E-state index is -0.320. The van der Waals surface area contributed by atoms with Crippen LogP contribution in [0.4, 0.5) is 0 Å². The van der Waals surface area contributed by atoms with Crippen LogP contribution >= 0.6 is 11.8 Å². The van der Waals surface area contributed by atoms with E-state index in [0.29, 0.717) is 12.2 Å². The molecule has 0 N–H and O–H groups in total. The number of esters is 1. The Bertz CT molecular complexity index is 559. The Morgan fingerprint density at radius 1 is 1.37 bits per heavy atom. The van der Waals surface area contributed by atoms with E-state index in [1.54, 1.807) is 13.1 Å². The molecule has 0 atom stereocenters. The molecular weight excluding hydrogens is 258 g/mol. The molecule has 1 aromatic rings. The fourth-order valence-corrected chi connectivity index (χ4v) is 2.59. The molecule has 0 aliphatic carbocycles. The van der Waals surface area contributed by atoms with Gasteiger partial charge in [0.25, 0.3) is 0 Å². The zero-order valence-electron chi connectivity index (χ0n) is 10.9. The maximum atomic E-state index is 11.8. The molecule has 2 rings (SSSR count). The second kappa shape index (κ2) is 6.38. The largest absolute Gasteiger partial charge is 0.462 e. The number of ether oxygens (including phenoxy) is 1. The van der Waals surface area contributed by atoms with Crippen molar-refractivity contribution in [3.8, 4) is 0 Å². The van der Waals surface area contributed by atoms with Gasteiger partial charge >= 0.3 is 5.97 Å². The van der Waals surface area contributed by atoms with E-state index in [0.717, 1.165) is 15.5 Å². The zero-order valence-corrected chi connectivity index (χ0v) is 11.7. The molecule has 1 heterocycles. The van der Waals surface area contributed by atoms with Gasteiger partial charge in [-0.1, -0.05) is 48.2 Å². The van der Waals surface area contributed by atoms with Gasteiger partial charge in [-0.2, -0.15) is 0 Å². The number of thioether (sulfide) groups is 1. The molecule has 0 unspecified atom stereocenters. The average Bonchev–Trinajstić information content (AvgIpc) is 2.47. The van der Waals surface area contributed by atoms with Crippen LogP contribution in [0.2, 0.25) is 0 Å². The van der Waals surface area contributed by atoms with Crippen molar-refractivity contribution in [1.82, 2.24) is 0 Å². The fraction of sp³-hybridized carbons (Fsp3) is 0.200. The molecule has 0 aromatic heterocycles. The van der Waals surface area contributed by atoms with Crippen molar-refractivity contribution in [2.45, 2.75) is 13.8 Å². The van der Waals surface area contributed by atoms with Gasteiger partial charge in [-0.3, -0.25) is 0 Å². The number of hydrogen-bond donors (Lipinski definition) is 0. The van der Waals surface area contributed by atoms with Gasteiger partial charge in [-0.15, -0.1) is 0 Å². The lowest BCUT2D eigenvalue weighted by molar-refractivity contribution is -0.138. The van der Waals surface area contributed by atoms with Crippen molar-refractivity contribution < 1.29 is 9.53 Å². The molecule has 4 heteroatoms. The molecule has 0 bridgehead atoms. The SMILES string of the molecule is C/C=C1/SC(c2ccccc2)=NC=C1C(=O)OCC. The number of allylic oxidation sites excluding steroid dienone is 1. The van der Waals surface area contributed by atoms with E-state index in [1.807, 2.05) is 43.3 Å². The summed E-state index contributed by atoms with van der Waals surface area (Å²) in [6.07, 6.45) is 3.50. The highest BCUT2D eigenvalue weighted by molar-refractivity contribution is 8.18. The number of benzene rings is 1. The Balaban J connectivity index is 2.31. The molecule has 3 nitrogen and oxygen atoms in total. The van der Waals surface area contributed by atoms with Crippen molar-refractivity contribution in [3.63, 3.8) is 0 Å². The lowest BCUT2D eigenvalue weighted by Crippen LogP contribution is -2.12. The van der Waals surface area contributed by atoms with Crippen LogP contribution in [0.3, 0.4) is 0 Å². The first-order valence-corrected chi connectivity index (χ1v) is 6.93. The Kier molecular flexibility index (Phi) is 4.58. The molecule has 98 valence electrons. The van der Waals surface area contributed by atoms with E-state index in [9.17, 15) is 4.79 Å². The third-order valence-corrected chi connectivity index (χ3v) is 3.77. The molecule has 1 aliphatic heterocycles. The number of rotatable bonds is 3. The summed E-state index contributed by atoms with van der Waals surface area (Å²) in [7, 11) is 0. The highest BCUT2D eigenvalue weighted by atomic mass is 32.2. The van der Waals surface area contributed by atoms with Gasteiger partial charge in [-0.25, -0.2) is 9.79 Å². The summed E-state index contributed by atoms with van der Waals surface area (Å²) in [5, 5.41) is 0.891. The van der Waals surface area contributed by atoms with Crippen molar-refractivity contribution in [2.24, 2.45) is 4.99 Å². The summed E-state index contributed by atoms with van der Waals surface area (Å²) in [6.45, 7) is 4.07. The standard InChI is InChI=1S/C15H15NO2S/c1-3-13-12(15(17)18-4-2)10-16-14(19-13)11-8-6-5-7-9-11/h3,5-10H,4H2,1-2H3/b13-3+. The summed E-state index contributed by atoms with van der Waals surface area (Å²) >= 11 is 1.49. The zero-order chi connectivity index (χ0) is 13.7. The van der Waals surface area contributed by atoms with Crippen LogP contribution in [0.5, 0.6) is 0 Å². The minimum absolute atomic E-state index is 0.320. The Hall–Kier alpha value is -1.81. The average molecular weight is 273 g/mol. The maximum Gasteiger partial charge on any atom is 0.340 e. The van der Waals surface area contributed by atoms with E-state index in [1.165, 1.54) is 11.8 Å². The molecule has 0 saturated carbocycles. The van der Waals surface area contributed by atoms with Crippen LogP contribution in [0.1, 0.15) is 19.4 Å². The van der Waals surface area contributed by atoms with Crippen LogP contribution in [-0.2, 0) is 9.53 Å². The molecule has 1 aromatic carbocycles. The first-order valence-electron chi connectivity index (χ1n) is 6.11. The Morgan fingerprint density at radius 2 is 2.11 bits per heavy atom. The molecule has 0 radical (unpaired) electrons. The summed E-state index contributed by atoms with van der Waals surface area (Å²) in [4.78, 5) is 17.0. The van der Waals surface area contributed by atoms with Gasteiger partial charge in [0.2, 0.25) is 0 Å². The number of nitrogens with zero attached hydrogens (tertiary/aromatic N) is 1. The van der Waals surface area contributed by atoms with E-state index in [-0.39, 0.29) is 5.97 Å². The second-order valence-corrected chi connectivity index (χ2v) is 4.85. The first-order chi connectivity index (χ1) is 9.26. The predicted octanol–water partition coefficient (Wildman–Crippen LogP) is 3.53. The van der Waals surface area contributed by atoms with Crippen LogP contribution in [0.15, 0.2) is 58.1 Å². The monoisotopic (exact) mass is 273 g/mol. The first kappa shape index (κ1) is 13.6. The lowest BCUT2D eigenvalue weighted by Gasteiger charge is -2.15. The summed E-state index contributed by atoms with van der Waals surface area (Å²) < 4.78 is 5.02. The van der Waals surface area contributed by atoms with Gasteiger partial charge in [0, 0.05) is 16.7 Å². The van der Waals surface area contributed by atoms with E-state index >= 15 is 0 Å². The number of hydrogen-bond acceptors (Lipinski definition) is 4. The highest BCUT2D eigenvalue weighted by Gasteiger charge is 2.21. The molecule has 0 fully saturated rings.